The van der Waals surface area contributed by atoms with E-state index in [0.29, 0.717) is 35.6 Å². The highest BCUT2D eigenvalue weighted by atomic mass is 19.4. The largest absolute Gasteiger partial charge is 0.490 e. The van der Waals surface area contributed by atoms with Crippen LogP contribution in [-0.2, 0) is 4.79 Å². The number of carboxylic acids is 1. The number of hydrogen-bond donors (Lipinski definition) is 3. The Morgan fingerprint density at radius 2 is 2.06 bits per heavy atom. The summed E-state index contributed by atoms with van der Waals surface area (Å²) in [5, 5.41) is 22.1. The van der Waals surface area contributed by atoms with Gasteiger partial charge in [-0.15, -0.1) is 0 Å². The molecule has 1 amide bonds. The first-order valence-electron chi connectivity index (χ1n) is 10.2. The molecule has 1 saturated carbocycles. The number of ether oxygens (including phenoxy) is 1. The zero-order valence-electron chi connectivity index (χ0n) is 17.6. The molecule has 0 bridgehead atoms. The molecule has 4 rings (SSSR count). The quantitative estimate of drug-likeness (QED) is 0.533. The number of carbonyl (C=O) groups is 2. The van der Waals surface area contributed by atoms with E-state index in [1.54, 1.807) is 18.2 Å². The van der Waals surface area contributed by atoms with Crippen molar-refractivity contribution in [3.05, 3.63) is 35.9 Å². The molecule has 34 heavy (non-hydrogen) atoms. The summed E-state index contributed by atoms with van der Waals surface area (Å²) in [6, 6.07) is 6.76. The topological polar surface area (TPSA) is 137 Å². The van der Waals surface area contributed by atoms with Gasteiger partial charge in [-0.25, -0.2) is 14.2 Å². The Kier molecular flexibility index (Phi) is 7.72. The molecule has 1 aliphatic heterocycles. The predicted molar refractivity (Wildman–Crippen MR) is 108 cm³/mol. The Bertz CT molecular complexity index is 1080. The van der Waals surface area contributed by atoms with Crippen LogP contribution in [0.25, 0.3) is 11.3 Å². The fraction of sp³-hybridized carbons (Fsp3) is 0.429. The maximum Gasteiger partial charge on any atom is 0.490 e. The molecule has 2 atom stereocenters. The number of aliphatic carboxylic acids is 1. The van der Waals surface area contributed by atoms with Crippen molar-refractivity contribution < 1.29 is 41.4 Å². The predicted octanol–water partition coefficient (Wildman–Crippen LogP) is 2.82. The van der Waals surface area contributed by atoms with Crippen molar-refractivity contribution in [2.24, 2.45) is 0 Å². The van der Waals surface area contributed by atoms with Crippen molar-refractivity contribution in [3.63, 3.8) is 0 Å². The van der Waals surface area contributed by atoms with Gasteiger partial charge in [-0.05, 0) is 37.5 Å². The number of nitriles is 1. The zero-order chi connectivity index (χ0) is 24.9. The lowest BCUT2D eigenvalue weighted by Crippen LogP contribution is -2.36. The first kappa shape index (κ1) is 25.0. The lowest BCUT2D eigenvalue weighted by molar-refractivity contribution is -0.192. The van der Waals surface area contributed by atoms with E-state index in [1.165, 1.54) is 6.20 Å². The highest BCUT2D eigenvalue weighted by molar-refractivity contribution is 5.90. The lowest BCUT2D eigenvalue weighted by Gasteiger charge is -2.10. The zero-order valence-corrected chi connectivity index (χ0v) is 17.6. The molecular formula is C21H20F4N4O5. The molecule has 2 heterocycles. The number of hydrogen-bond acceptors (Lipinski definition) is 7. The Morgan fingerprint density at radius 3 is 2.62 bits per heavy atom. The highest BCUT2D eigenvalue weighted by Gasteiger charge is 2.38. The fourth-order valence-electron chi connectivity index (χ4n) is 3.06. The third-order valence-electron chi connectivity index (χ3n) is 4.88. The first-order chi connectivity index (χ1) is 16.1. The van der Waals surface area contributed by atoms with Gasteiger partial charge in [0.15, 0.2) is 5.76 Å². The number of nitrogens with zero attached hydrogens (tertiary/aromatic N) is 2. The van der Waals surface area contributed by atoms with Crippen LogP contribution in [0.2, 0.25) is 0 Å². The number of benzene rings is 1. The minimum atomic E-state index is -5.08. The van der Waals surface area contributed by atoms with E-state index in [1.807, 2.05) is 0 Å². The number of nitrogens with one attached hydrogen (secondary N) is 2. The second-order valence-corrected chi connectivity index (χ2v) is 7.64. The number of carbonyl (C=O) groups excluding carboxylic acids is 1. The van der Waals surface area contributed by atoms with Crippen molar-refractivity contribution >= 4 is 11.9 Å². The molecule has 2 aliphatic rings. The monoisotopic (exact) mass is 484 g/mol. The average molecular weight is 484 g/mol. The van der Waals surface area contributed by atoms with Crippen LogP contribution in [-0.4, -0.2) is 59.6 Å². The minimum absolute atomic E-state index is 0.0755. The summed E-state index contributed by atoms with van der Waals surface area (Å²) >= 11 is 0. The standard InChI is InChI=1S/C19H19FN4O3.C2HF3O2/c20-7-12-6-13(9-22-12)24-18(25)19-23-10-17(27-19)15-5-11(8-21)1-4-16(15)26-14-2-3-14;3-2(4,5)1(6)7/h1,4-5,10,12-14,22H,2-3,6-7,9H2,(H,24,25);(H,6,7)/t12-,13+;/m0./s1. The molecular weight excluding hydrogens is 464 g/mol. The Balaban J connectivity index is 0.000000406. The van der Waals surface area contributed by atoms with E-state index in [2.05, 4.69) is 21.7 Å². The molecule has 9 nitrogen and oxygen atoms in total. The van der Waals surface area contributed by atoms with E-state index < -0.39 is 24.7 Å². The number of alkyl halides is 4. The van der Waals surface area contributed by atoms with Crippen LogP contribution >= 0.6 is 0 Å². The average Bonchev–Trinajstić information content (AvgIpc) is 3.28. The van der Waals surface area contributed by atoms with Crippen LogP contribution in [0.1, 0.15) is 35.5 Å². The van der Waals surface area contributed by atoms with Crippen molar-refractivity contribution in [2.45, 2.75) is 43.6 Å². The summed E-state index contributed by atoms with van der Waals surface area (Å²) in [6.07, 6.45) is -0.930. The molecule has 0 spiro atoms. The molecule has 1 aliphatic carbocycles. The summed E-state index contributed by atoms with van der Waals surface area (Å²) in [6.45, 7) is 0.0476. The van der Waals surface area contributed by atoms with E-state index in [-0.39, 0.29) is 24.1 Å². The van der Waals surface area contributed by atoms with Gasteiger partial charge in [-0.3, -0.25) is 4.79 Å². The first-order valence-corrected chi connectivity index (χ1v) is 10.2. The van der Waals surface area contributed by atoms with Crippen LogP contribution in [0, 0.1) is 11.3 Å². The summed E-state index contributed by atoms with van der Waals surface area (Å²) in [5.74, 6) is -2.32. The van der Waals surface area contributed by atoms with Crippen LogP contribution in [0.3, 0.4) is 0 Å². The number of halogens is 4. The molecule has 0 unspecified atom stereocenters. The smallest absolute Gasteiger partial charge is 0.490 e. The molecule has 1 aromatic heterocycles. The van der Waals surface area contributed by atoms with E-state index in [4.69, 9.17) is 24.3 Å². The van der Waals surface area contributed by atoms with E-state index in [9.17, 15) is 22.4 Å². The molecule has 182 valence electrons. The second-order valence-electron chi connectivity index (χ2n) is 7.64. The van der Waals surface area contributed by atoms with E-state index >= 15 is 0 Å². The number of oxazole rings is 1. The molecule has 1 saturated heterocycles. The van der Waals surface area contributed by atoms with Crippen molar-refractivity contribution in [1.29, 1.82) is 5.26 Å². The third-order valence-corrected chi connectivity index (χ3v) is 4.88. The number of aromatic nitrogens is 1. The fourth-order valence-corrected chi connectivity index (χ4v) is 3.06. The summed E-state index contributed by atoms with van der Waals surface area (Å²) in [4.78, 5) is 25.3. The van der Waals surface area contributed by atoms with Gasteiger partial charge in [0, 0.05) is 18.6 Å². The Hall–Kier alpha value is -3.66. The molecule has 2 fully saturated rings. The summed E-state index contributed by atoms with van der Waals surface area (Å²) in [5.41, 5.74) is 1.05. The Morgan fingerprint density at radius 1 is 1.35 bits per heavy atom. The maximum atomic E-state index is 12.7. The SMILES string of the molecule is N#Cc1ccc(OC2CC2)c(-c2cnc(C(=O)N[C@H]3CN[C@H](CF)C3)o2)c1.O=C(O)C(F)(F)F. The molecule has 3 N–H and O–H groups in total. The van der Waals surface area contributed by atoms with Crippen LogP contribution in [0.4, 0.5) is 17.6 Å². The maximum absolute atomic E-state index is 12.7. The molecule has 0 radical (unpaired) electrons. The van der Waals surface area contributed by atoms with Crippen LogP contribution in [0.15, 0.2) is 28.8 Å². The van der Waals surface area contributed by atoms with E-state index in [0.717, 1.165) is 12.8 Å². The number of rotatable bonds is 6. The van der Waals surface area contributed by atoms with Crippen molar-refractivity contribution in [1.82, 2.24) is 15.6 Å². The molecule has 13 heteroatoms. The minimum Gasteiger partial charge on any atom is -0.490 e. The second kappa shape index (κ2) is 10.5. The molecule has 1 aromatic carbocycles. The van der Waals surface area contributed by atoms with Gasteiger partial charge >= 0.3 is 18.1 Å². The van der Waals surface area contributed by atoms with Gasteiger partial charge in [0.25, 0.3) is 5.89 Å². The van der Waals surface area contributed by atoms with Gasteiger partial charge in [0.05, 0.1) is 29.5 Å². The van der Waals surface area contributed by atoms with Gasteiger partial charge < -0.3 is 24.9 Å². The van der Waals surface area contributed by atoms with Gasteiger partial charge in [-0.2, -0.15) is 18.4 Å². The number of amides is 1. The van der Waals surface area contributed by atoms with Crippen molar-refractivity contribution in [2.75, 3.05) is 13.2 Å². The highest BCUT2D eigenvalue weighted by Crippen LogP contribution is 2.36. The normalized spacial score (nSPS) is 19.5. The van der Waals surface area contributed by atoms with Gasteiger partial charge in [-0.1, -0.05) is 0 Å². The van der Waals surface area contributed by atoms with Crippen LogP contribution in [0.5, 0.6) is 5.75 Å². The summed E-state index contributed by atoms with van der Waals surface area (Å²) < 4.78 is 55.9. The molecule has 2 aromatic rings. The van der Waals surface area contributed by atoms with Gasteiger partial charge in [0.1, 0.15) is 12.4 Å². The van der Waals surface area contributed by atoms with Crippen molar-refractivity contribution in [3.8, 4) is 23.1 Å². The lowest BCUT2D eigenvalue weighted by atomic mass is 10.1. The third kappa shape index (κ3) is 6.67. The summed E-state index contributed by atoms with van der Waals surface area (Å²) in [7, 11) is 0. The number of carboxylic acid groups (broad SMARTS) is 1. The van der Waals surface area contributed by atoms with Gasteiger partial charge in [0.2, 0.25) is 0 Å². The van der Waals surface area contributed by atoms with Crippen LogP contribution < -0.4 is 15.4 Å². The Labute approximate surface area is 190 Å².